The quantitative estimate of drug-likeness (QED) is 0.667. The Morgan fingerprint density at radius 2 is 1.61 bits per heavy atom. The van der Waals surface area contributed by atoms with Crippen molar-refractivity contribution in [2.24, 2.45) is 11.8 Å². The standard InChI is InChI=1S/C27H34ClN3O2/c1-20-12-15-30(16-13-20)18-22-6-4-21(5-7-22)17-29-26(32)24-3-2-14-31(19-24)27(33)23-8-10-25(28)11-9-23/h4-11,20,24H,2-3,12-19H2,1H3,(H,29,32). The highest BCUT2D eigenvalue weighted by Gasteiger charge is 2.28. The number of likely N-dealkylation sites (tertiary alicyclic amines) is 2. The van der Waals surface area contributed by atoms with E-state index >= 15 is 0 Å². The van der Waals surface area contributed by atoms with Gasteiger partial charge in [0.15, 0.2) is 0 Å². The van der Waals surface area contributed by atoms with Crippen LogP contribution in [0.5, 0.6) is 0 Å². The van der Waals surface area contributed by atoms with Crippen molar-refractivity contribution in [1.29, 1.82) is 0 Å². The highest BCUT2D eigenvalue weighted by Crippen LogP contribution is 2.21. The van der Waals surface area contributed by atoms with Gasteiger partial charge in [0, 0.05) is 36.8 Å². The van der Waals surface area contributed by atoms with Crippen LogP contribution in [0.15, 0.2) is 48.5 Å². The van der Waals surface area contributed by atoms with Crippen molar-refractivity contribution in [1.82, 2.24) is 15.1 Å². The van der Waals surface area contributed by atoms with Crippen LogP contribution in [0.2, 0.25) is 5.02 Å². The molecule has 5 nitrogen and oxygen atoms in total. The normalized spacial score (nSPS) is 19.9. The number of carbonyl (C=O) groups is 2. The first-order valence-electron chi connectivity index (χ1n) is 12.1. The molecule has 0 aromatic heterocycles. The highest BCUT2D eigenvalue weighted by molar-refractivity contribution is 6.30. The van der Waals surface area contributed by atoms with E-state index in [0.29, 0.717) is 30.2 Å². The maximum atomic E-state index is 12.8. The molecule has 33 heavy (non-hydrogen) atoms. The summed E-state index contributed by atoms with van der Waals surface area (Å²) in [5.74, 6) is 0.660. The molecule has 2 aliphatic heterocycles. The van der Waals surface area contributed by atoms with Crippen LogP contribution in [0.25, 0.3) is 0 Å². The second-order valence-corrected chi connectivity index (χ2v) is 10.0. The maximum Gasteiger partial charge on any atom is 0.253 e. The summed E-state index contributed by atoms with van der Waals surface area (Å²) < 4.78 is 0. The average Bonchev–Trinajstić information content (AvgIpc) is 2.85. The third-order valence-electron chi connectivity index (χ3n) is 6.94. The molecule has 176 valence electrons. The molecule has 0 saturated carbocycles. The Hall–Kier alpha value is -2.37. The number of hydrogen-bond donors (Lipinski definition) is 1. The molecular weight excluding hydrogens is 434 g/mol. The van der Waals surface area contributed by atoms with E-state index in [-0.39, 0.29) is 17.7 Å². The number of halogens is 1. The summed E-state index contributed by atoms with van der Waals surface area (Å²) in [5.41, 5.74) is 3.03. The van der Waals surface area contributed by atoms with Crippen molar-refractivity contribution in [2.45, 2.75) is 45.7 Å². The van der Waals surface area contributed by atoms with Crippen LogP contribution < -0.4 is 5.32 Å². The zero-order valence-electron chi connectivity index (χ0n) is 19.4. The Labute approximate surface area is 202 Å². The van der Waals surface area contributed by atoms with Gasteiger partial charge in [0.25, 0.3) is 5.91 Å². The summed E-state index contributed by atoms with van der Waals surface area (Å²) in [6, 6.07) is 15.5. The molecule has 0 radical (unpaired) electrons. The zero-order chi connectivity index (χ0) is 23.2. The van der Waals surface area contributed by atoms with Crippen LogP contribution in [0.4, 0.5) is 0 Å². The molecule has 2 aliphatic rings. The van der Waals surface area contributed by atoms with Gasteiger partial charge in [-0.1, -0.05) is 42.8 Å². The molecule has 0 aliphatic carbocycles. The predicted octanol–water partition coefficient (Wildman–Crippen LogP) is 4.74. The number of hydrogen-bond acceptors (Lipinski definition) is 3. The maximum absolute atomic E-state index is 12.8. The molecule has 0 spiro atoms. The Morgan fingerprint density at radius 3 is 2.30 bits per heavy atom. The third kappa shape index (κ3) is 6.58. The number of piperidine rings is 2. The van der Waals surface area contributed by atoms with E-state index in [1.165, 1.54) is 31.5 Å². The monoisotopic (exact) mass is 467 g/mol. The fourth-order valence-electron chi connectivity index (χ4n) is 4.73. The molecule has 2 aromatic carbocycles. The predicted molar refractivity (Wildman–Crippen MR) is 132 cm³/mol. The average molecular weight is 468 g/mol. The van der Waals surface area contributed by atoms with E-state index in [9.17, 15) is 9.59 Å². The lowest BCUT2D eigenvalue weighted by Crippen LogP contribution is -2.45. The van der Waals surface area contributed by atoms with Crippen LogP contribution >= 0.6 is 11.6 Å². The van der Waals surface area contributed by atoms with E-state index in [0.717, 1.165) is 30.9 Å². The van der Waals surface area contributed by atoms with Crippen LogP contribution in [0.3, 0.4) is 0 Å². The van der Waals surface area contributed by atoms with Crippen molar-refractivity contribution in [3.63, 3.8) is 0 Å². The SMILES string of the molecule is CC1CCN(Cc2ccc(CNC(=O)C3CCCN(C(=O)c4ccc(Cl)cc4)C3)cc2)CC1. The topological polar surface area (TPSA) is 52.7 Å². The first-order valence-corrected chi connectivity index (χ1v) is 12.5. The molecule has 0 bridgehead atoms. The van der Waals surface area contributed by atoms with Crippen LogP contribution in [0.1, 0.15) is 54.1 Å². The van der Waals surface area contributed by atoms with E-state index in [1.807, 2.05) is 0 Å². The fourth-order valence-corrected chi connectivity index (χ4v) is 4.85. The van der Waals surface area contributed by atoms with Gasteiger partial charge >= 0.3 is 0 Å². The van der Waals surface area contributed by atoms with E-state index in [4.69, 9.17) is 11.6 Å². The Bertz CT molecular complexity index is 937. The van der Waals surface area contributed by atoms with Gasteiger partial charge in [0.2, 0.25) is 5.91 Å². The highest BCUT2D eigenvalue weighted by atomic mass is 35.5. The van der Waals surface area contributed by atoms with Crippen molar-refractivity contribution in [3.05, 3.63) is 70.2 Å². The lowest BCUT2D eigenvalue weighted by atomic mass is 9.96. The zero-order valence-corrected chi connectivity index (χ0v) is 20.2. The second kappa shape index (κ2) is 11.2. The van der Waals surface area contributed by atoms with E-state index < -0.39 is 0 Å². The Balaban J connectivity index is 1.25. The minimum atomic E-state index is -0.171. The number of amides is 2. The van der Waals surface area contributed by atoms with Gasteiger partial charge in [0.1, 0.15) is 0 Å². The largest absolute Gasteiger partial charge is 0.352 e. The molecule has 6 heteroatoms. The third-order valence-corrected chi connectivity index (χ3v) is 7.19. The van der Waals surface area contributed by atoms with Gasteiger partial charge in [-0.15, -0.1) is 0 Å². The number of nitrogens with zero attached hydrogens (tertiary/aromatic N) is 2. The van der Waals surface area contributed by atoms with Crippen molar-refractivity contribution in [2.75, 3.05) is 26.2 Å². The molecule has 1 unspecified atom stereocenters. The number of nitrogens with one attached hydrogen (secondary N) is 1. The smallest absolute Gasteiger partial charge is 0.253 e. The van der Waals surface area contributed by atoms with Crippen LogP contribution in [-0.4, -0.2) is 47.8 Å². The van der Waals surface area contributed by atoms with Gasteiger partial charge in [-0.3, -0.25) is 14.5 Å². The summed E-state index contributed by atoms with van der Waals surface area (Å²) in [7, 11) is 0. The summed E-state index contributed by atoms with van der Waals surface area (Å²) in [6.07, 6.45) is 4.22. The van der Waals surface area contributed by atoms with Crippen LogP contribution in [0, 0.1) is 11.8 Å². The van der Waals surface area contributed by atoms with Crippen molar-refractivity contribution < 1.29 is 9.59 Å². The summed E-state index contributed by atoms with van der Waals surface area (Å²) in [4.78, 5) is 29.9. The van der Waals surface area contributed by atoms with Crippen molar-refractivity contribution in [3.8, 4) is 0 Å². The Kier molecular flexibility index (Phi) is 8.05. The Morgan fingerprint density at radius 1 is 0.939 bits per heavy atom. The minimum Gasteiger partial charge on any atom is -0.352 e. The van der Waals surface area contributed by atoms with Gasteiger partial charge in [-0.25, -0.2) is 0 Å². The molecular formula is C27H34ClN3O2. The summed E-state index contributed by atoms with van der Waals surface area (Å²) >= 11 is 5.93. The molecule has 2 heterocycles. The van der Waals surface area contributed by atoms with Gasteiger partial charge in [0.05, 0.1) is 5.92 Å². The number of benzene rings is 2. The lowest BCUT2D eigenvalue weighted by molar-refractivity contribution is -0.126. The molecule has 4 rings (SSSR count). The number of rotatable bonds is 6. The van der Waals surface area contributed by atoms with Gasteiger partial charge < -0.3 is 10.2 Å². The fraction of sp³-hybridized carbons (Fsp3) is 0.481. The van der Waals surface area contributed by atoms with E-state index in [1.54, 1.807) is 29.2 Å². The summed E-state index contributed by atoms with van der Waals surface area (Å²) in [6.45, 7) is 7.35. The van der Waals surface area contributed by atoms with Crippen molar-refractivity contribution >= 4 is 23.4 Å². The number of carbonyl (C=O) groups excluding carboxylic acids is 2. The van der Waals surface area contributed by atoms with Crippen LogP contribution in [-0.2, 0) is 17.9 Å². The molecule has 2 saturated heterocycles. The first kappa shape index (κ1) is 23.8. The molecule has 2 fully saturated rings. The van der Waals surface area contributed by atoms with E-state index in [2.05, 4.69) is 41.4 Å². The summed E-state index contributed by atoms with van der Waals surface area (Å²) in [5, 5.41) is 3.68. The molecule has 2 aromatic rings. The molecule has 1 atom stereocenters. The minimum absolute atomic E-state index is 0.0233. The van der Waals surface area contributed by atoms with Gasteiger partial charge in [-0.05, 0) is 80.1 Å². The lowest BCUT2D eigenvalue weighted by Gasteiger charge is -2.32. The first-order chi connectivity index (χ1) is 16.0. The van der Waals surface area contributed by atoms with Gasteiger partial charge in [-0.2, -0.15) is 0 Å². The molecule has 2 amide bonds. The second-order valence-electron chi connectivity index (χ2n) is 9.59. The molecule has 1 N–H and O–H groups in total.